The monoisotopic (exact) mass is 448 g/mol. The maximum atomic E-state index is 12.1. The van der Waals surface area contributed by atoms with Crippen LogP contribution in [0.1, 0.15) is 4.88 Å². The van der Waals surface area contributed by atoms with Crippen LogP contribution in [0.25, 0.3) is 16.5 Å². The van der Waals surface area contributed by atoms with Gasteiger partial charge in [0.05, 0.1) is 13.2 Å². The summed E-state index contributed by atoms with van der Waals surface area (Å²) in [5, 5.41) is 2.74. The van der Waals surface area contributed by atoms with Crippen molar-refractivity contribution in [2.24, 2.45) is 0 Å². The fraction of sp³-hybridized carbons (Fsp3) is 0.200. The summed E-state index contributed by atoms with van der Waals surface area (Å²) in [5.74, 6) is -0.939. The number of nitrogens with zero attached hydrogens (tertiary/aromatic N) is 1. The summed E-state index contributed by atoms with van der Waals surface area (Å²) in [6.07, 6.45) is 3.03. The minimum Gasteiger partial charge on any atom is -0.452 e. The van der Waals surface area contributed by atoms with Crippen LogP contribution in [-0.4, -0.2) is 44.8 Å². The van der Waals surface area contributed by atoms with Crippen LogP contribution >= 0.6 is 11.3 Å². The highest BCUT2D eigenvalue weighted by molar-refractivity contribution is 7.16. The minimum atomic E-state index is -0.558. The van der Waals surface area contributed by atoms with Crippen molar-refractivity contribution in [3.8, 4) is 10.4 Å². The number of amides is 1. The lowest BCUT2D eigenvalue weighted by Crippen LogP contribution is -2.36. The molecule has 1 amide bonds. The molecule has 0 radical (unpaired) electrons. The fourth-order valence-corrected chi connectivity index (χ4v) is 4.23. The van der Waals surface area contributed by atoms with Crippen molar-refractivity contribution < 1.29 is 19.1 Å². The number of morpholine rings is 1. The van der Waals surface area contributed by atoms with E-state index >= 15 is 0 Å². The van der Waals surface area contributed by atoms with Gasteiger partial charge in [0.1, 0.15) is 0 Å². The van der Waals surface area contributed by atoms with Crippen molar-refractivity contribution in [1.82, 2.24) is 0 Å². The molecule has 1 aromatic heterocycles. The Bertz CT molecular complexity index is 1070. The molecule has 0 spiro atoms. The Balaban J connectivity index is 1.22. The Labute approximate surface area is 191 Å². The van der Waals surface area contributed by atoms with E-state index in [9.17, 15) is 9.59 Å². The first-order valence-corrected chi connectivity index (χ1v) is 11.2. The van der Waals surface area contributed by atoms with Crippen molar-refractivity contribution in [2.45, 2.75) is 0 Å². The molecule has 1 N–H and O–H groups in total. The van der Waals surface area contributed by atoms with E-state index in [-0.39, 0.29) is 12.5 Å². The molecule has 32 heavy (non-hydrogen) atoms. The topological polar surface area (TPSA) is 67.9 Å². The van der Waals surface area contributed by atoms with Crippen LogP contribution in [0, 0.1) is 0 Å². The Hall–Kier alpha value is -3.42. The predicted molar refractivity (Wildman–Crippen MR) is 128 cm³/mol. The molecule has 7 heteroatoms. The maximum absolute atomic E-state index is 12.1. The van der Waals surface area contributed by atoms with E-state index in [1.807, 2.05) is 66.7 Å². The third-order valence-electron chi connectivity index (χ3n) is 4.94. The number of benzene rings is 2. The van der Waals surface area contributed by atoms with Gasteiger partial charge >= 0.3 is 5.97 Å². The van der Waals surface area contributed by atoms with Gasteiger partial charge in [-0.3, -0.25) is 4.79 Å². The summed E-state index contributed by atoms with van der Waals surface area (Å²) in [5.41, 5.74) is 2.88. The van der Waals surface area contributed by atoms with Gasteiger partial charge in [-0.1, -0.05) is 30.3 Å². The zero-order valence-corrected chi connectivity index (χ0v) is 18.3. The summed E-state index contributed by atoms with van der Waals surface area (Å²) >= 11 is 1.58. The lowest BCUT2D eigenvalue weighted by Gasteiger charge is -2.28. The van der Waals surface area contributed by atoms with Crippen LogP contribution in [0.4, 0.5) is 11.4 Å². The second-order valence-corrected chi connectivity index (χ2v) is 8.32. The molecule has 0 bridgehead atoms. The van der Waals surface area contributed by atoms with Gasteiger partial charge in [-0.25, -0.2) is 4.79 Å². The summed E-state index contributed by atoms with van der Waals surface area (Å²) in [7, 11) is 0. The Morgan fingerprint density at radius 3 is 2.50 bits per heavy atom. The first kappa shape index (κ1) is 21.8. The van der Waals surface area contributed by atoms with Crippen molar-refractivity contribution in [3.63, 3.8) is 0 Å². The number of ether oxygens (including phenoxy) is 2. The molecule has 6 nitrogen and oxygen atoms in total. The molecule has 2 heterocycles. The van der Waals surface area contributed by atoms with Gasteiger partial charge in [-0.2, -0.15) is 0 Å². The van der Waals surface area contributed by atoms with Crippen LogP contribution in [0.2, 0.25) is 0 Å². The van der Waals surface area contributed by atoms with Crippen molar-refractivity contribution in [2.75, 3.05) is 43.1 Å². The average Bonchev–Trinajstić information content (AvgIpc) is 3.32. The number of esters is 1. The molecular formula is C25H24N2O4S. The quantitative estimate of drug-likeness (QED) is 0.427. The molecule has 0 unspecified atom stereocenters. The highest BCUT2D eigenvalue weighted by atomic mass is 32.1. The Morgan fingerprint density at radius 1 is 1.00 bits per heavy atom. The van der Waals surface area contributed by atoms with E-state index < -0.39 is 5.97 Å². The highest BCUT2D eigenvalue weighted by Crippen LogP contribution is 2.28. The van der Waals surface area contributed by atoms with Crippen molar-refractivity contribution >= 4 is 40.7 Å². The van der Waals surface area contributed by atoms with Gasteiger partial charge in [-0.05, 0) is 48.0 Å². The molecule has 1 aliphatic heterocycles. The van der Waals surface area contributed by atoms with E-state index in [1.165, 1.54) is 6.08 Å². The number of carbonyl (C=O) groups excluding carboxylic acids is 2. The Kier molecular flexibility index (Phi) is 7.32. The van der Waals surface area contributed by atoms with Crippen molar-refractivity contribution in [3.05, 3.63) is 77.7 Å². The molecule has 164 valence electrons. The maximum Gasteiger partial charge on any atom is 0.331 e. The number of anilines is 2. The standard InChI is InChI=1S/C25H24N2O4S/c28-24(26-20-6-8-21(9-7-20)27-14-16-30-17-15-27)18-31-25(29)13-11-22-10-12-23(32-22)19-4-2-1-3-5-19/h1-13H,14-18H2,(H,26,28)/b13-11+. The minimum absolute atomic E-state index is 0.339. The van der Waals surface area contributed by atoms with Gasteiger partial charge < -0.3 is 19.7 Å². The summed E-state index contributed by atoms with van der Waals surface area (Å²) < 4.78 is 10.4. The summed E-state index contributed by atoms with van der Waals surface area (Å²) in [6, 6.07) is 21.6. The summed E-state index contributed by atoms with van der Waals surface area (Å²) in [4.78, 5) is 28.4. The number of nitrogens with one attached hydrogen (secondary N) is 1. The molecule has 1 fully saturated rings. The molecule has 2 aromatic carbocycles. The predicted octanol–water partition coefficient (Wildman–Crippen LogP) is 4.45. The molecule has 4 rings (SSSR count). The Morgan fingerprint density at radius 2 is 1.75 bits per heavy atom. The van der Waals surface area contributed by atoms with Gasteiger partial charge in [0.2, 0.25) is 0 Å². The molecule has 3 aromatic rings. The number of hydrogen-bond acceptors (Lipinski definition) is 6. The lowest BCUT2D eigenvalue weighted by molar-refractivity contribution is -0.142. The van der Waals surface area contributed by atoms with Gasteiger partial charge in [0, 0.05) is 40.3 Å². The number of carbonyl (C=O) groups is 2. The van der Waals surface area contributed by atoms with E-state index in [1.54, 1.807) is 17.4 Å². The number of thiophene rings is 1. The van der Waals surface area contributed by atoms with Crippen LogP contribution in [0.5, 0.6) is 0 Å². The lowest BCUT2D eigenvalue weighted by atomic mass is 10.2. The molecule has 0 saturated carbocycles. The van der Waals surface area contributed by atoms with E-state index in [4.69, 9.17) is 9.47 Å². The SMILES string of the molecule is O=C(COC(=O)/C=C/c1ccc(-c2ccccc2)s1)Nc1ccc(N2CCOCC2)cc1. The molecule has 0 aliphatic carbocycles. The van der Waals surface area contributed by atoms with Gasteiger partial charge in [-0.15, -0.1) is 11.3 Å². The van der Waals surface area contributed by atoms with Gasteiger partial charge in [0.25, 0.3) is 5.91 Å². The van der Waals surface area contributed by atoms with Crippen LogP contribution in [-0.2, 0) is 19.1 Å². The van der Waals surface area contributed by atoms with Crippen LogP contribution in [0.15, 0.2) is 72.8 Å². The molecule has 1 aliphatic rings. The summed E-state index contributed by atoms with van der Waals surface area (Å²) in [6.45, 7) is 2.81. The number of hydrogen-bond donors (Lipinski definition) is 1. The van der Waals surface area contributed by atoms with E-state index in [0.717, 1.165) is 47.3 Å². The largest absolute Gasteiger partial charge is 0.452 e. The third kappa shape index (κ3) is 6.06. The first-order chi connectivity index (χ1) is 15.7. The normalized spacial score (nSPS) is 13.8. The first-order valence-electron chi connectivity index (χ1n) is 10.4. The van der Waals surface area contributed by atoms with Crippen LogP contribution < -0.4 is 10.2 Å². The second-order valence-electron chi connectivity index (χ2n) is 7.20. The third-order valence-corrected chi connectivity index (χ3v) is 6.04. The number of rotatable bonds is 7. The molecular weight excluding hydrogens is 424 g/mol. The smallest absolute Gasteiger partial charge is 0.331 e. The van der Waals surface area contributed by atoms with Crippen molar-refractivity contribution in [1.29, 1.82) is 0 Å². The zero-order valence-electron chi connectivity index (χ0n) is 17.5. The average molecular weight is 449 g/mol. The van der Waals surface area contributed by atoms with E-state index in [2.05, 4.69) is 10.2 Å². The highest BCUT2D eigenvalue weighted by Gasteiger charge is 2.11. The van der Waals surface area contributed by atoms with Gasteiger partial charge in [0.15, 0.2) is 6.61 Å². The van der Waals surface area contributed by atoms with Crippen LogP contribution in [0.3, 0.4) is 0 Å². The fourth-order valence-electron chi connectivity index (χ4n) is 3.31. The van der Waals surface area contributed by atoms with E-state index in [0.29, 0.717) is 5.69 Å². The second kappa shape index (κ2) is 10.7. The zero-order chi connectivity index (χ0) is 22.2. The molecule has 0 atom stereocenters. The molecule has 1 saturated heterocycles.